The SMILES string of the molecule is Cc1c(Cl)cccc1NC(=O)Cn1c(=O)c2c(ncn2CC(C)C)n(Cc2ccccc2)c1=O. The first-order chi connectivity index (χ1) is 16.3. The molecule has 0 saturated heterocycles. The zero-order valence-electron chi connectivity index (χ0n) is 19.3. The average Bonchev–Trinajstić information content (AvgIpc) is 3.21. The minimum absolute atomic E-state index is 0.226. The van der Waals surface area contributed by atoms with E-state index in [0.29, 0.717) is 34.0 Å². The Hall–Kier alpha value is -3.65. The van der Waals surface area contributed by atoms with Crippen molar-refractivity contribution in [3.8, 4) is 0 Å². The number of amides is 1. The number of carbonyl (C=O) groups excluding carboxylic acids is 1. The van der Waals surface area contributed by atoms with Crippen molar-refractivity contribution >= 4 is 34.4 Å². The van der Waals surface area contributed by atoms with Gasteiger partial charge in [0.05, 0.1) is 12.9 Å². The number of anilines is 1. The molecule has 0 saturated carbocycles. The van der Waals surface area contributed by atoms with Crippen molar-refractivity contribution in [3.63, 3.8) is 0 Å². The zero-order chi connectivity index (χ0) is 24.4. The van der Waals surface area contributed by atoms with Crippen LogP contribution in [0.15, 0.2) is 64.4 Å². The third-order valence-electron chi connectivity index (χ3n) is 5.57. The van der Waals surface area contributed by atoms with E-state index in [1.807, 2.05) is 44.2 Å². The lowest BCUT2D eigenvalue weighted by atomic mass is 10.2. The van der Waals surface area contributed by atoms with Crippen LogP contribution in [0.2, 0.25) is 5.02 Å². The fourth-order valence-corrected chi connectivity index (χ4v) is 4.07. The number of imidazole rings is 1. The molecule has 0 radical (unpaired) electrons. The number of rotatable bonds is 7. The first kappa shape index (κ1) is 23.5. The molecule has 0 aliphatic rings. The molecule has 1 N–H and O–H groups in total. The largest absolute Gasteiger partial charge is 0.333 e. The lowest BCUT2D eigenvalue weighted by molar-refractivity contribution is -0.116. The molecule has 0 spiro atoms. The zero-order valence-corrected chi connectivity index (χ0v) is 20.0. The highest BCUT2D eigenvalue weighted by atomic mass is 35.5. The summed E-state index contributed by atoms with van der Waals surface area (Å²) in [5.74, 6) is -0.237. The number of nitrogens with one attached hydrogen (secondary N) is 1. The maximum absolute atomic E-state index is 13.4. The van der Waals surface area contributed by atoms with Crippen LogP contribution in [0.4, 0.5) is 5.69 Å². The highest BCUT2D eigenvalue weighted by Gasteiger charge is 2.20. The number of hydrogen-bond acceptors (Lipinski definition) is 4. The summed E-state index contributed by atoms with van der Waals surface area (Å²) in [6.07, 6.45) is 1.58. The maximum Gasteiger partial charge on any atom is 0.333 e. The Balaban J connectivity index is 1.80. The number of carbonyl (C=O) groups is 1. The Morgan fingerprint density at radius 2 is 1.79 bits per heavy atom. The number of hydrogen-bond donors (Lipinski definition) is 1. The van der Waals surface area contributed by atoms with Gasteiger partial charge in [-0.25, -0.2) is 14.3 Å². The molecule has 0 fully saturated rings. The van der Waals surface area contributed by atoms with Crippen LogP contribution in [-0.4, -0.2) is 24.6 Å². The van der Waals surface area contributed by atoms with Crippen LogP contribution in [0.25, 0.3) is 11.2 Å². The van der Waals surface area contributed by atoms with Crippen LogP contribution in [0.5, 0.6) is 0 Å². The fraction of sp³-hybridized carbons (Fsp3) is 0.280. The summed E-state index contributed by atoms with van der Waals surface area (Å²) in [6.45, 7) is 6.21. The van der Waals surface area contributed by atoms with E-state index in [1.165, 1.54) is 4.57 Å². The van der Waals surface area contributed by atoms with Crippen LogP contribution in [-0.2, 0) is 24.4 Å². The lowest BCUT2D eigenvalue weighted by Crippen LogP contribution is -2.43. The molecule has 0 atom stereocenters. The summed E-state index contributed by atoms with van der Waals surface area (Å²) < 4.78 is 4.17. The van der Waals surface area contributed by atoms with Gasteiger partial charge in [-0.3, -0.25) is 14.2 Å². The van der Waals surface area contributed by atoms with Gasteiger partial charge < -0.3 is 9.88 Å². The van der Waals surface area contributed by atoms with Gasteiger partial charge in [0, 0.05) is 17.3 Å². The van der Waals surface area contributed by atoms with E-state index in [9.17, 15) is 14.4 Å². The minimum Gasteiger partial charge on any atom is -0.324 e. The van der Waals surface area contributed by atoms with Gasteiger partial charge in [-0.1, -0.05) is 61.8 Å². The molecule has 1 amide bonds. The van der Waals surface area contributed by atoms with Crippen LogP contribution < -0.4 is 16.6 Å². The van der Waals surface area contributed by atoms with E-state index in [-0.39, 0.29) is 12.5 Å². The second kappa shape index (κ2) is 9.69. The van der Waals surface area contributed by atoms with Gasteiger partial charge in [0.25, 0.3) is 5.56 Å². The second-order valence-corrected chi connectivity index (χ2v) is 9.08. The Morgan fingerprint density at radius 1 is 1.06 bits per heavy atom. The molecule has 0 unspecified atom stereocenters. The van der Waals surface area contributed by atoms with Crippen molar-refractivity contribution < 1.29 is 4.79 Å². The van der Waals surface area contributed by atoms with Crippen molar-refractivity contribution in [2.45, 2.75) is 40.4 Å². The molecule has 176 valence electrons. The highest BCUT2D eigenvalue weighted by molar-refractivity contribution is 6.31. The minimum atomic E-state index is -0.589. The van der Waals surface area contributed by atoms with Gasteiger partial charge in [-0.15, -0.1) is 0 Å². The standard InChI is InChI=1S/C25H26ClN5O3/c1-16(2)12-29-15-27-23-22(29)24(33)31(25(34)30(23)13-18-8-5-4-6-9-18)14-21(32)28-20-11-7-10-19(26)17(20)3/h4-11,15-16H,12-14H2,1-3H3,(H,28,32). The molecule has 2 aromatic carbocycles. The van der Waals surface area contributed by atoms with Gasteiger partial charge in [0.2, 0.25) is 5.91 Å². The van der Waals surface area contributed by atoms with Crippen molar-refractivity contribution in [2.24, 2.45) is 5.92 Å². The van der Waals surface area contributed by atoms with E-state index in [0.717, 1.165) is 10.1 Å². The predicted octanol–water partition coefficient (Wildman–Crippen LogP) is 3.66. The number of halogens is 1. The molecule has 8 nitrogen and oxygen atoms in total. The Morgan fingerprint density at radius 3 is 2.50 bits per heavy atom. The van der Waals surface area contributed by atoms with Gasteiger partial charge in [-0.05, 0) is 36.1 Å². The van der Waals surface area contributed by atoms with E-state index in [2.05, 4.69) is 10.3 Å². The molecule has 4 aromatic rings. The Labute approximate surface area is 201 Å². The summed E-state index contributed by atoms with van der Waals surface area (Å²) in [7, 11) is 0. The summed E-state index contributed by atoms with van der Waals surface area (Å²) in [5.41, 5.74) is 1.60. The summed E-state index contributed by atoms with van der Waals surface area (Å²) in [4.78, 5) is 44.1. The summed E-state index contributed by atoms with van der Waals surface area (Å²) >= 11 is 6.15. The highest BCUT2D eigenvalue weighted by Crippen LogP contribution is 2.22. The number of aromatic nitrogens is 4. The number of nitrogens with zero attached hydrogens (tertiary/aromatic N) is 4. The molecule has 0 aliphatic heterocycles. The van der Waals surface area contributed by atoms with Gasteiger partial charge in [0.15, 0.2) is 11.2 Å². The maximum atomic E-state index is 13.4. The first-order valence-electron chi connectivity index (χ1n) is 11.0. The first-order valence-corrected chi connectivity index (χ1v) is 11.4. The normalized spacial score (nSPS) is 11.3. The van der Waals surface area contributed by atoms with Crippen LogP contribution in [0.3, 0.4) is 0 Å². The van der Waals surface area contributed by atoms with Gasteiger partial charge in [0.1, 0.15) is 6.54 Å². The molecule has 9 heteroatoms. The third kappa shape index (κ3) is 4.68. The second-order valence-electron chi connectivity index (χ2n) is 8.67. The van der Waals surface area contributed by atoms with E-state index >= 15 is 0 Å². The number of benzene rings is 2. The monoisotopic (exact) mass is 479 g/mol. The lowest BCUT2D eigenvalue weighted by Gasteiger charge is -2.14. The van der Waals surface area contributed by atoms with Crippen LogP contribution in [0.1, 0.15) is 25.0 Å². The Bertz CT molecular complexity index is 1470. The van der Waals surface area contributed by atoms with Crippen LogP contribution in [0, 0.1) is 12.8 Å². The molecular formula is C25H26ClN5O3. The van der Waals surface area contributed by atoms with E-state index < -0.39 is 23.7 Å². The van der Waals surface area contributed by atoms with Gasteiger partial charge in [-0.2, -0.15) is 0 Å². The smallest absolute Gasteiger partial charge is 0.324 e. The van der Waals surface area contributed by atoms with Crippen molar-refractivity contribution in [3.05, 3.63) is 91.8 Å². The molecule has 0 aliphatic carbocycles. The van der Waals surface area contributed by atoms with Crippen molar-refractivity contribution in [1.29, 1.82) is 0 Å². The molecule has 2 heterocycles. The van der Waals surface area contributed by atoms with E-state index in [1.54, 1.807) is 36.0 Å². The summed E-state index contributed by atoms with van der Waals surface area (Å²) in [5, 5.41) is 3.27. The average molecular weight is 480 g/mol. The predicted molar refractivity (Wildman–Crippen MR) is 133 cm³/mol. The summed E-state index contributed by atoms with van der Waals surface area (Å²) in [6, 6.07) is 14.6. The van der Waals surface area contributed by atoms with E-state index in [4.69, 9.17) is 11.6 Å². The molecule has 4 rings (SSSR count). The molecule has 34 heavy (non-hydrogen) atoms. The molecular weight excluding hydrogens is 454 g/mol. The van der Waals surface area contributed by atoms with Crippen LogP contribution >= 0.6 is 11.6 Å². The topological polar surface area (TPSA) is 90.9 Å². The fourth-order valence-electron chi connectivity index (χ4n) is 3.89. The molecule has 2 aromatic heterocycles. The van der Waals surface area contributed by atoms with Crippen molar-refractivity contribution in [2.75, 3.05) is 5.32 Å². The molecule has 0 bridgehead atoms. The third-order valence-corrected chi connectivity index (χ3v) is 5.98. The van der Waals surface area contributed by atoms with Crippen molar-refractivity contribution in [1.82, 2.24) is 18.7 Å². The number of fused-ring (bicyclic) bond motifs is 1. The Kier molecular flexibility index (Phi) is 6.70. The quantitative estimate of drug-likeness (QED) is 0.438. The van der Waals surface area contributed by atoms with Gasteiger partial charge >= 0.3 is 5.69 Å².